The van der Waals surface area contributed by atoms with Crippen molar-refractivity contribution < 1.29 is 22.6 Å². The van der Waals surface area contributed by atoms with Gasteiger partial charge < -0.3 is 5.32 Å². The van der Waals surface area contributed by atoms with Crippen LogP contribution in [0.1, 0.15) is 12.5 Å². The van der Waals surface area contributed by atoms with Gasteiger partial charge in [0.1, 0.15) is 4.90 Å². The largest absolute Gasteiger partial charge is 0.325 e. The highest BCUT2D eigenvalue weighted by Gasteiger charge is 2.22. The summed E-state index contributed by atoms with van der Waals surface area (Å²) < 4.78 is 32.8. The van der Waals surface area contributed by atoms with Gasteiger partial charge in [-0.25, -0.2) is 0 Å². The summed E-state index contributed by atoms with van der Waals surface area (Å²) in [6.07, 6.45) is 0.466. The monoisotopic (exact) mass is 443 g/mol. The molecule has 0 fully saturated rings. The maximum absolute atomic E-state index is 13.1. The van der Waals surface area contributed by atoms with Crippen molar-refractivity contribution in [1.82, 2.24) is 0 Å². The topological polar surface area (TPSA) is 101 Å². The first kappa shape index (κ1) is 22.0. The Balaban J connectivity index is 1.91. The molecule has 0 aliphatic carbocycles. The van der Waals surface area contributed by atoms with Crippen LogP contribution in [0.5, 0.6) is 0 Å². The average molecular weight is 444 g/mol. The van der Waals surface area contributed by atoms with Crippen LogP contribution in [0.15, 0.2) is 71.6 Å². The number of carbonyl (C=O) groups excluding carboxylic acids is 2. The van der Waals surface area contributed by atoms with Crippen LogP contribution in [-0.2, 0) is 26.1 Å². The number of anilines is 1. The molecule has 3 aromatic rings. The minimum atomic E-state index is -4.40. The molecule has 0 aliphatic heterocycles. The molecule has 0 radical (unpaired) electrons. The maximum Gasteiger partial charge on any atom is 0.295 e. The quantitative estimate of drug-likeness (QED) is 0.532. The minimum absolute atomic E-state index is 0.0659. The van der Waals surface area contributed by atoms with Crippen LogP contribution in [0.3, 0.4) is 0 Å². The molecule has 6 nitrogen and oxygen atoms in total. The van der Waals surface area contributed by atoms with Crippen LogP contribution >= 0.6 is 11.8 Å². The predicted molar refractivity (Wildman–Crippen MR) is 119 cm³/mol. The lowest BCUT2D eigenvalue weighted by Crippen LogP contribution is -2.27. The second kappa shape index (κ2) is 9.42. The highest BCUT2D eigenvalue weighted by atomic mass is 32.2. The van der Waals surface area contributed by atoms with Crippen LogP contribution in [0.25, 0.3) is 10.8 Å². The number of hydrogen-bond donors (Lipinski definition) is 2. The fourth-order valence-electron chi connectivity index (χ4n) is 3.18. The molecule has 0 aromatic heterocycles. The Labute approximate surface area is 179 Å². The first-order valence-electron chi connectivity index (χ1n) is 9.23. The lowest BCUT2D eigenvalue weighted by Gasteiger charge is -2.18. The van der Waals surface area contributed by atoms with E-state index in [4.69, 9.17) is 0 Å². The Morgan fingerprint density at radius 3 is 2.23 bits per heavy atom. The van der Waals surface area contributed by atoms with Crippen molar-refractivity contribution >= 4 is 49.4 Å². The molecule has 30 heavy (non-hydrogen) atoms. The lowest BCUT2D eigenvalue weighted by molar-refractivity contribution is -0.119. The van der Waals surface area contributed by atoms with Crippen LogP contribution in [0.4, 0.5) is 5.69 Å². The SMILES string of the molecule is CC(=O)SCC(Cc1ccccc1)C(=O)Nc1ccc(S(=O)(=O)O)c2ccccc12. The van der Waals surface area contributed by atoms with E-state index in [1.54, 1.807) is 24.3 Å². The van der Waals surface area contributed by atoms with Crippen molar-refractivity contribution in [3.63, 3.8) is 0 Å². The number of hydrogen-bond acceptors (Lipinski definition) is 5. The summed E-state index contributed by atoms with van der Waals surface area (Å²) in [5.41, 5.74) is 1.42. The van der Waals surface area contributed by atoms with Crippen molar-refractivity contribution in [3.8, 4) is 0 Å². The number of benzene rings is 3. The number of thioether (sulfide) groups is 1. The average Bonchev–Trinajstić information content (AvgIpc) is 2.71. The van der Waals surface area contributed by atoms with Gasteiger partial charge in [-0.1, -0.05) is 66.4 Å². The number of nitrogens with one attached hydrogen (secondary N) is 1. The Hall–Kier alpha value is -2.68. The van der Waals surface area contributed by atoms with E-state index in [-0.39, 0.29) is 15.9 Å². The maximum atomic E-state index is 13.1. The molecule has 1 atom stereocenters. The summed E-state index contributed by atoms with van der Waals surface area (Å²) in [4.78, 5) is 24.3. The molecule has 3 rings (SSSR count). The summed E-state index contributed by atoms with van der Waals surface area (Å²) in [6.45, 7) is 1.46. The van der Waals surface area contributed by atoms with E-state index in [0.29, 0.717) is 28.6 Å². The van der Waals surface area contributed by atoms with Crippen molar-refractivity contribution in [2.45, 2.75) is 18.2 Å². The van der Waals surface area contributed by atoms with E-state index in [1.165, 1.54) is 19.1 Å². The molecular formula is C22H21NO5S2. The van der Waals surface area contributed by atoms with Gasteiger partial charge in [0.05, 0.1) is 5.92 Å². The van der Waals surface area contributed by atoms with Crippen LogP contribution < -0.4 is 5.32 Å². The second-order valence-corrected chi connectivity index (χ2v) is 9.40. The van der Waals surface area contributed by atoms with Gasteiger partial charge in [-0.05, 0) is 24.1 Å². The Kier molecular flexibility index (Phi) is 6.91. The molecule has 0 heterocycles. The molecular weight excluding hydrogens is 422 g/mol. The molecule has 0 spiro atoms. The summed E-state index contributed by atoms with van der Waals surface area (Å²) in [5, 5.41) is 3.62. The highest BCUT2D eigenvalue weighted by Crippen LogP contribution is 2.30. The third kappa shape index (κ3) is 5.47. The first-order chi connectivity index (χ1) is 14.3. The molecule has 1 amide bonds. The van der Waals surface area contributed by atoms with Crippen LogP contribution in [0.2, 0.25) is 0 Å². The molecule has 8 heteroatoms. The Morgan fingerprint density at radius 1 is 0.967 bits per heavy atom. The third-order valence-electron chi connectivity index (χ3n) is 4.60. The second-order valence-electron chi connectivity index (χ2n) is 6.81. The van der Waals surface area contributed by atoms with Crippen molar-refractivity contribution in [1.29, 1.82) is 0 Å². The van der Waals surface area contributed by atoms with Gasteiger partial charge in [-0.15, -0.1) is 0 Å². The first-order valence-corrected chi connectivity index (χ1v) is 11.7. The smallest absolute Gasteiger partial charge is 0.295 e. The molecule has 2 N–H and O–H groups in total. The molecule has 0 saturated heterocycles. The molecule has 0 saturated carbocycles. The zero-order valence-corrected chi connectivity index (χ0v) is 17.9. The Bertz CT molecular complexity index is 1180. The summed E-state index contributed by atoms with van der Waals surface area (Å²) in [5.74, 6) is -0.393. The zero-order chi connectivity index (χ0) is 21.7. The van der Waals surface area contributed by atoms with Crippen molar-refractivity contribution in [3.05, 3.63) is 72.3 Å². The highest BCUT2D eigenvalue weighted by molar-refractivity contribution is 8.13. The van der Waals surface area contributed by atoms with Crippen molar-refractivity contribution in [2.75, 3.05) is 11.1 Å². The number of fused-ring (bicyclic) bond motifs is 1. The van der Waals surface area contributed by atoms with Gasteiger partial charge in [0.2, 0.25) is 5.91 Å². The van der Waals surface area contributed by atoms with Crippen LogP contribution in [0, 0.1) is 5.92 Å². The fraction of sp³-hybridized carbons (Fsp3) is 0.182. The molecule has 156 valence electrons. The number of amides is 1. The normalized spacial score (nSPS) is 12.5. The predicted octanol–water partition coefficient (Wildman–Crippen LogP) is 4.16. The lowest BCUT2D eigenvalue weighted by atomic mass is 9.99. The summed E-state index contributed by atoms with van der Waals surface area (Å²) in [7, 11) is -4.40. The summed E-state index contributed by atoms with van der Waals surface area (Å²) in [6, 6.07) is 18.9. The van der Waals surface area contributed by atoms with Crippen molar-refractivity contribution in [2.24, 2.45) is 5.92 Å². The molecule has 3 aromatic carbocycles. The van der Waals surface area contributed by atoms with Gasteiger partial charge in [0, 0.05) is 29.1 Å². The fourth-order valence-corrected chi connectivity index (χ4v) is 4.59. The van der Waals surface area contributed by atoms with E-state index in [9.17, 15) is 22.6 Å². The summed E-state index contributed by atoms with van der Waals surface area (Å²) >= 11 is 1.09. The number of carbonyl (C=O) groups is 2. The molecule has 0 bridgehead atoms. The Morgan fingerprint density at radius 2 is 1.60 bits per heavy atom. The third-order valence-corrected chi connectivity index (χ3v) is 6.49. The van der Waals surface area contributed by atoms with Gasteiger partial charge in [0.15, 0.2) is 5.12 Å². The molecule has 0 aliphatic rings. The van der Waals surface area contributed by atoms with Gasteiger partial charge in [-0.2, -0.15) is 8.42 Å². The van der Waals surface area contributed by atoms with Gasteiger partial charge >= 0.3 is 0 Å². The van der Waals surface area contributed by atoms with E-state index >= 15 is 0 Å². The van der Waals surface area contributed by atoms with Gasteiger partial charge in [-0.3, -0.25) is 14.1 Å². The van der Waals surface area contributed by atoms with E-state index in [1.807, 2.05) is 30.3 Å². The van der Waals surface area contributed by atoms with Gasteiger partial charge in [0.25, 0.3) is 10.1 Å². The minimum Gasteiger partial charge on any atom is -0.325 e. The van der Waals surface area contributed by atoms with E-state index in [0.717, 1.165) is 17.3 Å². The standard InChI is InChI=1S/C22H21NO5S2/c1-15(24)29-14-17(13-16-7-3-2-4-8-16)22(25)23-20-11-12-21(30(26,27)28)19-10-6-5-9-18(19)20/h2-12,17H,13-14H2,1H3,(H,23,25)(H,26,27,28). The number of rotatable bonds is 7. The zero-order valence-electron chi connectivity index (χ0n) is 16.2. The van der Waals surface area contributed by atoms with E-state index < -0.39 is 16.0 Å². The van der Waals surface area contributed by atoms with E-state index in [2.05, 4.69) is 5.32 Å². The van der Waals surface area contributed by atoms with Crippen LogP contribution in [-0.4, -0.2) is 29.7 Å². The molecule has 1 unspecified atom stereocenters.